The number of amides is 1. The maximum absolute atomic E-state index is 12.5. The average Bonchev–Trinajstić information content (AvgIpc) is 2.97. The summed E-state index contributed by atoms with van der Waals surface area (Å²) in [5.74, 6) is -0.188. The van der Waals surface area contributed by atoms with Crippen LogP contribution >= 0.6 is 23.1 Å². The summed E-state index contributed by atoms with van der Waals surface area (Å²) in [7, 11) is 0. The lowest BCUT2D eigenvalue weighted by atomic mass is 10.1. The molecule has 0 fully saturated rings. The van der Waals surface area contributed by atoms with E-state index in [1.165, 1.54) is 21.3 Å². The lowest BCUT2D eigenvalue weighted by molar-refractivity contribution is 0.0998. The van der Waals surface area contributed by atoms with E-state index in [0.29, 0.717) is 5.56 Å². The fourth-order valence-corrected chi connectivity index (χ4v) is 4.39. The molecule has 124 valence electrons. The van der Waals surface area contributed by atoms with Crippen molar-refractivity contribution in [1.29, 1.82) is 0 Å². The smallest absolute Gasteiger partial charge is 0.279 e. The maximum Gasteiger partial charge on any atom is 0.279 e. The second-order valence-electron chi connectivity index (χ2n) is 5.65. The number of hydrogen-bond donors (Lipinski definition) is 0. The molecule has 1 amide bonds. The molecule has 0 unspecified atom stereocenters. The molecule has 0 aliphatic rings. The van der Waals surface area contributed by atoms with Gasteiger partial charge in [-0.1, -0.05) is 23.5 Å². The van der Waals surface area contributed by atoms with Gasteiger partial charge in [0.15, 0.2) is 4.80 Å². The number of carbonyl (C=O) groups excluding carboxylic acids is 1. The average molecular weight is 357 g/mol. The summed E-state index contributed by atoms with van der Waals surface area (Å²) < 4.78 is 3.34. The zero-order chi connectivity index (χ0) is 17.3. The van der Waals surface area contributed by atoms with Crippen LogP contribution in [0.5, 0.6) is 0 Å². The molecule has 0 bridgehead atoms. The van der Waals surface area contributed by atoms with Gasteiger partial charge >= 0.3 is 0 Å². The normalized spacial score (nSPS) is 12.1. The molecular weight excluding hydrogens is 336 g/mol. The summed E-state index contributed by atoms with van der Waals surface area (Å²) in [5.41, 5.74) is 4.25. The molecule has 0 radical (unpaired) electrons. The first-order chi connectivity index (χ1) is 11.5. The third-order valence-corrected chi connectivity index (χ3v) is 6.03. The van der Waals surface area contributed by atoms with Crippen molar-refractivity contribution in [1.82, 2.24) is 4.57 Å². The third-order valence-electron chi connectivity index (χ3n) is 4.07. The van der Waals surface area contributed by atoms with E-state index in [1.807, 2.05) is 30.5 Å². The Balaban J connectivity index is 2.13. The van der Waals surface area contributed by atoms with E-state index >= 15 is 0 Å². The monoisotopic (exact) mass is 356 g/mol. The number of aromatic nitrogens is 1. The van der Waals surface area contributed by atoms with E-state index in [9.17, 15) is 4.79 Å². The number of thioether (sulfide) groups is 1. The predicted molar refractivity (Wildman–Crippen MR) is 103 cm³/mol. The summed E-state index contributed by atoms with van der Waals surface area (Å²) in [6, 6.07) is 11.9. The van der Waals surface area contributed by atoms with E-state index in [-0.39, 0.29) is 5.91 Å². The molecule has 24 heavy (non-hydrogen) atoms. The molecule has 3 aromatic rings. The largest absolute Gasteiger partial charge is 0.316 e. The predicted octanol–water partition coefficient (Wildman–Crippen LogP) is 4.80. The number of rotatable bonds is 3. The standard InChI is InChI=1S/C19H20N2OS2/c1-5-21-16-12(2)6-7-13(3)17(16)24-19(21)20-18(22)14-8-10-15(23-4)11-9-14/h6-11H,5H2,1-4H3. The van der Waals surface area contributed by atoms with E-state index in [4.69, 9.17) is 0 Å². The van der Waals surface area contributed by atoms with Crippen molar-refractivity contribution in [3.63, 3.8) is 0 Å². The lowest BCUT2D eigenvalue weighted by Gasteiger charge is -2.04. The highest BCUT2D eigenvalue weighted by Gasteiger charge is 2.11. The highest BCUT2D eigenvalue weighted by molar-refractivity contribution is 7.98. The van der Waals surface area contributed by atoms with Gasteiger partial charge in [-0.25, -0.2) is 0 Å². The van der Waals surface area contributed by atoms with Crippen LogP contribution < -0.4 is 4.80 Å². The molecule has 0 saturated carbocycles. The van der Waals surface area contributed by atoms with Crippen LogP contribution in [-0.4, -0.2) is 16.7 Å². The molecule has 0 aliphatic heterocycles. The number of hydrogen-bond acceptors (Lipinski definition) is 3. The van der Waals surface area contributed by atoms with Crippen molar-refractivity contribution in [3.05, 3.63) is 57.9 Å². The molecule has 0 spiro atoms. The van der Waals surface area contributed by atoms with Crippen LogP contribution in [0.1, 0.15) is 28.4 Å². The fraction of sp³-hybridized carbons (Fsp3) is 0.263. The summed E-state index contributed by atoms with van der Waals surface area (Å²) in [4.78, 5) is 18.9. The van der Waals surface area contributed by atoms with Gasteiger partial charge < -0.3 is 4.57 Å². The Morgan fingerprint density at radius 3 is 2.42 bits per heavy atom. The molecule has 1 aromatic heterocycles. The first-order valence-electron chi connectivity index (χ1n) is 7.87. The number of nitrogens with zero attached hydrogens (tertiary/aromatic N) is 2. The summed E-state index contributed by atoms with van der Waals surface area (Å²) in [6.45, 7) is 7.09. The van der Waals surface area contributed by atoms with Crippen LogP contribution in [0.15, 0.2) is 46.3 Å². The van der Waals surface area contributed by atoms with Gasteiger partial charge in [0.25, 0.3) is 5.91 Å². The lowest BCUT2D eigenvalue weighted by Crippen LogP contribution is -2.16. The Morgan fingerprint density at radius 1 is 1.12 bits per heavy atom. The van der Waals surface area contributed by atoms with E-state index in [2.05, 4.69) is 42.5 Å². The second kappa shape index (κ2) is 6.95. The Hall–Kier alpha value is -1.85. The summed E-state index contributed by atoms with van der Waals surface area (Å²) in [5, 5.41) is 0. The van der Waals surface area contributed by atoms with E-state index < -0.39 is 0 Å². The molecule has 2 aromatic carbocycles. The number of fused-ring (bicyclic) bond motifs is 1. The van der Waals surface area contributed by atoms with Crippen LogP contribution in [0.25, 0.3) is 10.2 Å². The van der Waals surface area contributed by atoms with E-state index in [1.54, 1.807) is 23.1 Å². The van der Waals surface area contributed by atoms with Crippen molar-refractivity contribution in [2.24, 2.45) is 4.99 Å². The zero-order valence-corrected chi connectivity index (χ0v) is 15.9. The molecule has 1 heterocycles. The van der Waals surface area contributed by atoms with Crippen LogP contribution in [0, 0.1) is 13.8 Å². The molecule has 3 nitrogen and oxygen atoms in total. The third kappa shape index (κ3) is 3.06. The number of aryl methyl sites for hydroxylation is 3. The Labute approximate surface area is 150 Å². The first-order valence-corrected chi connectivity index (χ1v) is 9.92. The van der Waals surface area contributed by atoms with Crippen molar-refractivity contribution in [2.75, 3.05) is 6.26 Å². The quantitative estimate of drug-likeness (QED) is 0.632. The topological polar surface area (TPSA) is 34.4 Å². The Kier molecular flexibility index (Phi) is 4.92. The van der Waals surface area contributed by atoms with Gasteiger partial charge in [0.05, 0.1) is 10.2 Å². The minimum absolute atomic E-state index is 0.188. The molecule has 5 heteroatoms. The summed E-state index contributed by atoms with van der Waals surface area (Å²) >= 11 is 3.25. The van der Waals surface area contributed by atoms with Gasteiger partial charge in [-0.2, -0.15) is 4.99 Å². The van der Waals surface area contributed by atoms with Crippen LogP contribution in [-0.2, 0) is 6.54 Å². The maximum atomic E-state index is 12.5. The zero-order valence-electron chi connectivity index (χ0n) is 14.3. The highest BCUT2D eigenvalue weighted by atomic mass is 32.2. The van der Waals surface area contributed by atoms with E-state index in [0.717, 1.165) is 16.2 Å². The Bertz CT molecular complexity index is 965. The SMILES string of the molecule is CCn1c(=NC(=O)c2ccc(SC)cc2)sc2c(C)ccc(C)c21. The van der Waals surface area contributed by atoms with Gasteiger partial charge in [-0.15, -0.1) is 11.8 Å². The summed E-state index contributed by atoms with van der Waals surface area (Å²) in [6.07, 6.45) is 2.02. The van der Waals surface area contributed by atoms with Crippen molar-refractivity contribution in [2.45, 2.75) is 32.2 Å². The Morgan fingerprint density at radius 2 is 1.79 bits per heavy atom. The molecule has 3 rings (SSSR count). The number of benzene rings is 2. The molecular formula is C19H20N2OS2. The van der Waals surface area contributed by atoms with Gasteiger partial charge in [0, 0.05) is 17.0 Å². The minimum atomic E-state index is -0.188. The first kappa shape index (κ1) is 17.0. The number of carbonyl (C=O) groups is 1. The van der Waals surface area contributed by atoms with Crippen molar-refractivity contribution < 1.29 is 4.79 Å². The van der Waals surface area contributed by atoms with Crippen molar-refractivity contribution >= 4 is 39.2 Å². The van der Waals surface area contributed by atoms with Gasteiger partial charge in [-0.3, -0.25) is 4.79 Å². The number of thiazole rings is 1. The minimum Gasteiger partial charge on any atom is -0.316 e. The molecule has 0 N–H and O–H groups in total. The van der Waals surface area contributed by atoms with Crippen LogP contribution in [0.4, 0.5) is 0 Å². The van der Waals surface area contributed by atoms with Gasteiger partial charge in [0.2, 0.25) is 0 Å². The van der Waals surface area contributed by atoms with Crippen LogP contribution in [0.2, 0.25) is 0 Å². The van der Waals surface area contributed by atoms with Gasteiger partial charge in [0.1, 0.15) is 0 Å². The second-order valence-corrected chi connectivity index (χ2v) is 7.51. The molecule has 0 aliphatic carbocycles. The fourth-order valence-electron chi connectivity index (χ4n) is 2.74. The highest BCUT2D eigenvalue weighted by Crippen LogP contribution is 2.25. The molecule has 0 atom stereocenters. The van der Waals surface area contributed by atoms with Crippen molar-refractivity contribution in [3.8, 4) is 0 Å². The molecule has 0 saturated heterocycles. The van der Waals surface area contributed by atoms with Gasteiger partial charge in [-0.05, 0) is 62.4 Å². The van der Waals surface area contributed by atoms with Crippen LogP contribution in [0.3, 0.4) is 0 Å².